The maximum Gasteiger partial charge on any atom is 0.347 e. The smallest absolute Gasteiger partial charge is 0.347 e. The molecule has 1 N–H and O–H groups in total. The van der Waals surface area contributed by atoms with Crippen LogP contribution < -0.4 is 4.74 Å². The average molecular weight is 553 g/mol. The Hall–Kier alpha value is -4.79. The van der Waals surface area contributed by atoms with Crippen molar-refractivity contribution in [2.45, 2.75) is 49.9 Å². The lowest BCUT2D eigenvalue weighted by Gasteiger charge is -2.48. The Balaban J connectivity index is 1.21. The highest BCUT2D eigenvalue weighted by atomic mass is 16.7. The fourth-order valence-corrected chi connectivity index (χ4v) is 4.96. The maximum absolute atomic E-state index is 13.3. The summed E-state index contributed by atoms with van der Waals surface area (Å²) in [6.07, 6.45) is 5.98. The first kappa shape index (κ1) is 25.5. The van der Waals surface area contributed by atoms with E-state index in [2.05, 4.69) is 15.2 Å². The number of aryl methyl sites for hydroxylation is 1. The molecular weight excluding hydrogens is 528 g/mol. The number of carbonyl (C=O) groups excluding carboxylic acids is 4. The van der Waals surface area contributed by atoms with Crippen molar-refractivity contribution in [3.05, 3.63) is 42.6 Å². The van der Waals surface area contributed by atoms with Crippen molar-refractivity contribution >= 4 is 29.3 Å². The third-order valence-corrected chi connectivity index (χ3v) is 7.14. The number of likely N-dealkylation sites (N-methyl/N-ethyl adjacent to an activating group) is 1. The molecule has 3 aromatic rings. The van der Waals surface area contributed by atoms with Crippen LogP contribution >= 0.6 is 0 Å². The van der Waals surface area contributed by atoms with Crippen LogP contribution in [0, 0.1) is 0 Å². The van der Waals surface area contributed by atoms with E-state index in [4.69, 9.17) is 18.9 Å². The number of rotatable bonds is 5. The Morgan fingerprint density at radius 1 is 1.12 bits per heavy atom. The number of fused-ring (bicyclic) bond motifs is 4. The van der Waals surface area contributed by atoms with E-state index in [1.807, 2.05) is 13.1 Å². The lowest BCUT2D eigenvalue weighted by molar-refractivity contribution is -0.173. The molecule has 1 saturated heterocycles. The summed E-state index contributed by atoms with van der Waals surface area (Å²) < 4.78 is 24.6. The van der Waals surface area contributed by atoms with Gasteiger partial charge in [-0.3, -0.25) is 19.1 Å². The monoisotopic (exact) mass is 552 g/mol. The van der Waals surface area contributed by atoms with Crippen molar-refractivity contribution in [2.24, 2.45) is 7.05 Å². The molecule has 40 heavy (non-hydrogen) atoms. The van der Waals surface area contributed by atoms with Gasteiger partial charge >= 0.3 is 23.9 Å². The summed E-state index contributed by atoms with van der Waals surface area (Å²) >= 11 is 0. The Bertz CT molecular complexity index is 1620. The van der Waals surface area contributed by atoms with Gasteiger partial charge in [0.1, 0.15) is 11.1 Å². The van der Waals surface area contributed by atoms with Gasteiger partial charge in [-0.05, 0) is 13.0 Å². The lowest BCUT2D eigenvalue weighted by atomic mass is 9.76. The Morgan fingerprint density at radius 2 is 1.85 bits per heavy atom. The highest BCUT2D eigenvalue weighted by molar-refractivity contribution is 5.99. The predicted molar refractivity (Wildman–Crippen MR) is 129 cm³/mol. The van der Waals surface area contributed by atoms with Crippen LogP contribution in [0.25, 0.3) is 16.8 Å². The lowest BCUT2D eigenvalue weighted by Crippen LogP contribution is -2.57. The number of amides is 1. The summed E-state index contributed by atoms with van der Waals surface area (Å²) in [5.41, 5.74) is -1.09. The van der Waals surface area contributed by atoms with Crippen molar-refractivity contribution in [3.63, 3.8) is 0 Å². The third kappa shape index (κ3) is 4.33. The van der Waals surface area contributed by atoms with Gasteiger partial charge in [-0.2, -0.15) is 10.2 Å². The van der Waals surface area contributed by atoms with Crippen LogP contribution in [0.1, 0.15) is 32.6 Å². The molecule has 15 heteroatoms. The fraction of sp³-hybridized carbons (Fsp3) is 0.400. The number of esters is 3. The second-order valence-corrected chi connectivity index (χ2v) is 10.4. The van der Waals surface area contributed by atoms with Gasteiger partial charge in [0.05, 0.1) is 37.1 Å². The summed E-state index contributed by atoms with van der Waals surface area (Å²) in [5, 5.41) is 18.9. The molecule has 2 fully saturated rings. The molecular formula is C25H24N6O9. The largest absolute Gasteiger partial charge is 0.470 e. The van der Waals surface area contributed by atoms with Gasteiger partial charge < -0.3 is 29.0 Å². The van der Waals surface area contributed by atoms with E-state index in [1.54, 1.807) is 40.9 Å². The van der Waals surface area contributed by atoms with Gasteiger partial charge in [0, 0.05) is 44.7 Å². The minimum Gasteiger partial charge on any atom is -0.470 e. The van der Waals surface area contributed by atoms with E-state index in [9.17, 15) is 24.3 Å². The van der Waals surface area contributed by atoms with E-state index in [1.165, 1.54) is 11.9 Å². The Morgan fingerprint density at radius 3 is 2.55 bits per heavy atom. The normalized spacial score (nSPS) is 28.1. The molecule has 0 radical (unpaired) electrons. The summed E-state index contributed by atoms with van der Waals surface area (Å²) in [5.74, 6) is -5.54. The highest BCUT2D eigenvalue weighted by Crippen LogP contribution is 2.41. The number of aliphatic hydroxyl groups is 1. The summed E-state index contributed by atoms with van der Waals surface area (Å²) in [6.45, 7) is 1.88. The standard InChI is InChI=1S/C25H24N6O9/c1-24(40-20-16-4-5-26-31(16)12-15(28-20)13-10-27-29(2)11-13)6-14(7-24)30(3)21(34)19-22-38-18(33)9-25(36,23(35)39-22)8-17(32)37-19/h4-5,10-12,14,36H,6-9H2,1-3H3/b22-19-. The van der Waals surface area contributed by atoms with Crippen LogP contribution in [-0.4, -0.2) is 82.5 Å². The summed E-state index contributed by atoms with van der Waals surface area (Å²) in [7, 11) is 3.28. The Kier molecular flexibility index (Phi) is 5.65. The Labute approximate surface area is 225 Å². The van der Waals surface area contributed by atoms with Crippen molar-refractivity contribution in [1.82, 2.24) is 29.3 Å². The number of aromatic nitrogens is 5. The first-order valence-corrected chi connectivity index (χ1v) is 12.3. The predicted octanol–water partition coefficient (Wildman–Crippen LogP) is 0.225. The molecule has 1 aliphatic carbocycles. The molecule has 3 aliphatic rings. The molecule has 3 aromatic heterocycles. The minimum atomic E-state index is -2.44. The van der Waals surface area contributed by atoms with Gasteiger partial charge in [-0.15, -0.1) is 0 Å². The first-order valence-electron chi connectivity index (χ1n) is 12.3. The first-order chi connectivity index (χ1) is 18.9. The van der Waals surface area contributed by atoms with Crippen LogP contribution in [0.2, 0.25) is 0 Å². The fourth-order valence-electron chi connectivity index (χ4n) is 4.96. The maximum atomic E-state index is 13.3. The number of carbonyl (C=O) groups is 4. The van der Waals surface area contributed by atoms with Crippen LogP contribution in [0.5, 0.6) is 5.88 Å². The topological polar surface area (TPSA) is 177 Å². The molecule has 1 amide bonds. The van der Waals surface area contributed by atoms with E-state index in [-0.39, 0.29) is 6.04 Å². The molecule has 2 aliphatic heterocycles. The molecule has 1 unspecified atom stereocenters. The minimum absolute atomic E-state index is 0.359. The molecule has 208 valence electrons. The number of ether oxygens (including phenoxy) is 4. The number of hydrogen-bond donors (Lipinski definition) is 1. The zero-order valence-corrected chi connectivity index (χ0v) is 21.7. The zero-order valence-electron chi connectivity index (χ0n) is 21.7. The van der Waals surface area contributed by atoms with E-state index in [0.29, 0.717) is 29.9 Å². The molecule has 1 saturated carbocycles. The van der Waals surface area contributed by atoms with Crippen LogP contribution in [0.4, 0.5) is 0 Å². The van der Waals surface area contributed by atoms with E-state index >= 15 is 0 Å². The van der Waals surface area contributed by atoms with Gasteiger partial charge in [0.15, 0.2) is 5.60 Å². The van der Waals surface area contributed by atoms with Crippen LogP contribution in [0.15, 0.2) is 42.6 Å². The number of cyclic esters (lactones) is 1. The van der Waals surface area contributed by atoms with Crippen molar-refractivity contribution in [1.29, 1.82) is 0 Å². The van der Waals surface area contributed by atoms with Crippen molar-refractivity contribution in [2.75, 3.05) is 7.05 Å². The SMILES string of the molecule is CN(C(=O)/C1=C2\OC(=O)CC(O)(CC(=O)O1)C(=O)O2)C1CC(C)(Oc2nc(-c3cnn(C)c3)cn3nccc23)C1. The second kappa shape index (κ2) is 8.87. The van der Waals surface area contributed by atoms with Crippen LogP contribution in [-0.2, 0) is 40.4 Å². The van der Waals surface area contributed by atoms with Gasteiger partial charge in [0.2, 0.25) is 5.88 Å². The van der Waals surface area contributed by atoms with E-state index < -0.39 is 59.6 Å². The van der Waals surface area contributed by atoms with Crippen LogP contribution in [0.3, 0.4) is 0 Å². The van der Waals surface area contributed by atoms with Gasteiger partial charge in [-0.1, -0.05) is 0 Å². The zero-order chi connectivity index (χ0) is 28.4. The second-order valence-electron chi connectivity index (χ2n) is 10.4. The average Bonchev–Trinajstić information content (AvgIpc) is 3.51. The molecule has 0 aromatic carbocycles. The molecule has 5 heterocycles. The molecule has 2 bridgehead atoms. The number of hydrogen-bond acceptors (Lipinski definition) is 12. The molecule has 0 spiro atoms. The van der Waals surface area contributed by atoms with Gasteiger partial charge in [0.25, 0.3) is 11.7 Å². The van der Waals surface area contributed by atoms with Gasteiger partial charge in [-0.25, -0.2) is 14.3 Å². The quantitative estimate of drug-likeness (QED) is 0.427. The molecule has 6 rings (SSSR count). The molecule has 15 nitrogen and oxygen atoms in total. The van der Waals surface area contributed by atoms with Crippen molar-refractivity contribution < 1.29 is 43.2 Å². The summed E-state index contributed by atoms with van der Waals surface area (Å²) in [4.78, 5) is 56.1. The molecule has 1 atom stereocenters. The van der Waals surface area contributed by atoms with Crippen molar-refractivity contribution in [3.8, 4) is 17.1 Å². The summed E-state index contributed by atoms with van der Waals surface area (Å²) in [6, 6.07) is 1.41. The number of nitrogens with zero attached hydrogens (tertiary/aromatic N) is 6. The highest BCUT2D eigenvalue weighted by Gasteiger charge is 2.52. The van der Waals surface area contributed by atoms with E-state index in [0.717, 1.165) is 5.56 Å². The third-order valence-electron chi connectivity index (χ3n) is 7.14.